The van der Waals surface area contributed by atoms with Gasteiger partial charge >= 0.3 is 0 Å². The lowest BCUT2D eigenvalue weighted by Gasteiger charge is -2.04. The van der Waals surface area contributed by atoms with Crippen molar-refractivity contribution in [3.05, 3.63) is 103 Å². The van der Waals surface area contributed by atoms with Crippen LogP contribution in [0, 0.1) is 0 Å². The molecule has 0 bridgehead atoms. The molecule has 4 aromatic heterocycles. The van der Waals surface area contributed by atoms with Crippen LogP contribution >= 0.6 is 0 Å². The van der Waals surface area contributed by atoms with Crippen LogP contribution in [0.4, 0.5) is 0 Å². The Hall–Kier alpha value is -5.38. The summed E-state index contributed by atoms with van der Waals surface area (Å²) in [5.41, 5.74) is 4.82. The first-order valence-corrected chi connectivity index (χ1v) is 12.1. The molecule has 6 aromatic rings. The van der Waals surface area contributed by atoms with Crippen molar-refractivity contribution >= 4 is 44.8 Å². The topological polar surface area (TPSA) is 113 Å². The van der Waals surface area contributed by atoms with Crippen molar-refractivity contribution < 1.29 is 9.59 Å². The fraction of sp³-hybridized carbons (Fsp3) is 0.0714. The van der Waals surface area contributed by atoms with E-state index >= 15 is 0 Å². The van der Waals surface area contributed by atoms with Crippen molar-refractivity contribution in [2.75, 3.05) is 0 Å². The summed E-state index contributed by atoms with van der Waals surface area (Å²) in [5, 5.41) is 16.1. The number of hydrogen-bond donors (Lipinski definition) is 1. The zero-order valence-corrected chi connectivity index (χ0v) is 20.0. The third kappa shape index (κ3) is 3.42. The number of aromatic nitrogens is 7. The Morgan fingerprint density at radius 1 is 0.763 bits per heavy atom. The summed E-state index contributed by atoms with van der Waals surface area (Å²) in [6.07, 6.45) is 8.71. The van der Waals surface area contributed by atoms with E-state index in [4.69, 9.17) is 0 Å². The summed E-state index contributed by atoms with van der Waals surface area (Å²) in [4.78, 5) is 32.4. The van der Waals surface area contributed by atoms with Crippen molar-refractivity contribution in [1.29, 1.82) is 0 Å². The van der Waals surface area contributed by atoms with E-state index in [1.54, 1.807) is 12.4 Å². The molecule has 2 aromatic carbocycles. The molecule has 5 heterocycles. The summed E-state index contributed by atoms with van der Waals surface area (Å²) < 4.78 is 4.04. The molecule has 2 amide bonds. The number of amides is 2. The standard InChI is InChI=1S/C28H20N8O2/c37-27-25(21-15-34(12-13-36-31-17-30-33-36)23-9-3-1-7-19(21)23)26(28(38)32-27)22-16-35(18-6-5-11-29-14-18)24-10-4-2-8-20(22)24/h1-11,14-17H,12-13H2,(H,32,37,38). The van der Waals surface area contributed by atoms with Gasteiger partial charge in [0.1, 0.15) is 0 Å². The molecular weight excluding hydrogens is 480 g/mol. The maximum Gasteiger partial charge on any atom is 0.259 e. The van der Waals surface area contributed by atoms with Gasteiger partial charge in [0, 0.05) is 52.6 Å². The molecule has 1 aliphatic rings. The predicted octanol–water partition coefficient (Wildman–Crippen LogP) is 3.23. The van der Waals surface area contributed by atoms with Crippen LogP contribution in [-0.4, -0.2) is 46.1 Å². The van der Waals surface area contributed by atoms with Crippen LogP contribution in [-0.2, 0) is 22.7 Å². The Morgan fingerprint density at radius 2 is 1.47 bits per heavy atom. The fourth-order valence-electron chi connectivity index (χ4n) is 5.18. The molecule has 10 heteroatoms. The average molecular weight is 501 g/mol. The van der Waals surface area contributed by atoms with E-state index in [9.17, 15) is 9.59 Å². The van der Waals surface area contributed by atoms with Gasteiger partial charge in [-0.1, -0.05) is 36.4 Å². The molecule has 0 saturated heterocycles. The fourth-order valence-corrected chi connectivity index (χ4v) is 5.18. The van der Waals surface area contributed by atoms with Gasteiger partial charge in [-0.15, -0.1) is 10.2 Å². The first-order valence-electron chi connectivity index (χ1n) is 12.1. The van der Waals surface area contributed by atoms with Gasteiger partial charge in [-0.3, -0.25) is 19.9 Å². The molecule has 0 saturated carbocycles. The van der Waals surface area contributed by atoms with Gasteiger partial charge in [-0.25, -0.2) is 0 Å². The van der Waals surface area contributed by atoms with Crippen LogP contribution < -0.4 is 5.32 Å². The highest BCUT2D eigenvalue weighted by molar-refractivity contribution is 6.50. The first kappa shape index (κ1) is 21.9. The Morgan fingerprint density at radius 3 is 2.18 bits per heavy atom. The second kappa shape index (κ2) is 8.63. The molecule has 1 N–H and O–H groups in total. The minimum atomic E-state index is -0.414. The molecule has 184 valence electrons. The molecule has 10 nitrogen and oxygen atoms in total. The van der Waals surface area contributed by atoms with Crippen LogP contribution in [0.3, 0.4) is 0 Å². The highest BCUT2D eigenvalue weighted by Crippen LogP contribution is 2.39. The van der Waals surface area contributed by atoms with E-state index in [2.05, 4.69) is 25.7 Å². The van der Waals surface area contributed by atoms with Crippen molar-refractivity contribution in [2.24, 2.45) is 0 Å². The van der Waals surface area contributed by atoms with Crippen LogP contribution in [0.2, 0.25) is 0 Å². The number of benzene rings is 2. The van der Waals surface area contributed by atoms with Crippen molar-refractivity contribution in [3.8, 4) is 5.69 Å². The van der Waals surface area contributed by atoms with E-state index in [1.165, 1.54) is 11.1 Å². The molecular formula is C28H20N8O2. The number of carbonyl (C=O) groups excluding carboxylic acids is 2. The van der Waals surface area contributed by atoms with Gasteiger partial charge in [-0.2, -0.15) is 4.80 Å². The lowest BCUT2D eigenvalue weighted by atomic mass is 9.95. The molecule has 1 aliphatic heterocycles. The lowest BCUT2D eigenvalue weighted by molar-refractivity contribution is -0.122. The van der Waals surface area contributed by atoms with E-state index in [0.29, 0.717) is 35.4 Å². The number of nitrogens with one attached hydrogen (secondary N) is 1. The zero-order valence-electron chi connectivity index (χ0n) is 20.0. The number of rotatable bonds is 6. The molecule has 0 radical (unpaired) electrons. The number of tetrazole rings is 1. The molecule has 0 aliphatic carbocycles. The summed E-state index contributed by atoms with van der Waals surface area (Å²) in [6, 6.07) is 19.5. The zero-order chi connectivity index (χ0) is 25.6. The molecule has 0 spiro atoms. The normalized spacial score (nSPS) is 13.7. The van der Waals surface area contributed by atoms with Gasteiger partial charge < -0.3 is 9.13 Å². The molecule has 38 heavy (non-hydrogen) atoms. The highest BCUT2D eigenvalue weighted by atomic mass is 16.2. The Balaban J connectivity index is 1.44. The number of pyridine rings is 1. The van der Waals surface area contributed by atoms with Crippen molar-refractivity contribution in [1.82, 2.24) is 39.6 Å². The first-order chi connectivity index (χ1) is 18.7. The van der Waals surface area contributed by atoms with Crippen LogP contribution in [0.25, 0.3) is 38.6 Å². The number of nitrogens with zero attached hydrogens (tertiary/aromatic N) is 7. The third-order valence-corrected chi connectivity index (χ3v) is 6.83. The monoisotopic (exact) mass is 500 g/mol. The van der Waals surface area contributed by atoms with Gasteiger partial charge in [0.15, 0.2) is 6.33 Å². The minimum absolute atomic E-state index is 0.356. The summed E-state index contributed by atoms with van der Waals surface area (Å²) in [6.45, 7) is 1.07. The van der Waals surface area contributed by atoms with Crippen LogP contribution in [0.1, 0.15) is 11.1 Å². The number of para-hydroxylation sites is 2. The SMILES string of the molecule is O=C1NC(=O)C(c2cn(-c3cccnc3)c3ccccc23)=C1c1cn(CCn2ncnn2)c2ccccc12. The van der Waals surface area contributed by atoms with Gasteiger partial charge in [0.2, 0.25) is 0 Å². The van der Waals surface area contributed by atoms with E-state index in [1.807, 2.05) is 82.2 Å². The van der Waals surface area contributed by atoms with E-state index in [-0.39, 0.29) is 0 Å². The number of fused-ring (bicyclic) bond motifs is 2. The van der Waals surface area contributed by atoms with Crippen molar-refractivity contribution in [3.63, 3.8) is 0 Å². The summed E-state index contributed by atoms with van der Waals surface area (Å²) >= 11 is 0. The van der Waals surface area contributed by atoms with Crippen LogP contribution in [0.5, 0.6) is 0 Å². The maximum absolute atomic E-state index is 13.3. The number of carbonyl (C=O) groups is 2. The number of aryl methyl sites for hydroxylation is 2. The Kier molecular flexibility index (Phi) is 4.96. The highest BCUT2D eigenvalue weighted by Gasteiger charge is 2.35. The van der Waals surface area contributed by atoms with Gasteiger partial charge in [0.25, 0.3) is 11.8 Å². The van der Waals surface area contributed by atoms with Crippen LogP contribution in [0.15, 0.2) is 91.8 Å². The smallest absolute Gasteiger partial charge is 0.259 e. The maximum atomic E-state index is 13.3. The molecule has 0 unspecified atom stereocenters. The summed E-state index contributed by atoms with van der Waals surface area (Å²) in [5.74, 6) is -0.827. The van der Waals surface area contributed by atoms with Gasteiger partial charge in [-0.05, 0) is 29.5 Å². The van der Waals surface area contributed by atoms with Crippen molar-refractivity contribution in [2.45, 2.75) is 13.1 Å². The van der Waals surface area contributed by atoms with E-state index in [0.717, 1.165) is 27.5 Å². The largest absolute Gasteiger partial charge is 0.345 e. The molecule has 7 rings (SSSR count). The second-order valence-electron chi connectivity index (χ2n) is 8.96. The Labute approximate surface area is 215 Å². The lowest BCUT2D eigenvalue weighted by Crippen LogP contribution is -2.22. The Bertz CT molecular complexity index is 1880. The second-order valence-corrected chi connectivity index (χ2v) is 8.96. The quantitative estimate of drug-likeness (QED) is 0.352. The average Bonchev–Trinajstić information content (AvgIpc) is 3.73. The number of hydrogen-bond acceptors (Lipinski definition) is 6. The van der Waals surface area contributed by atoms with Gasteiger partial charge in [0.05, 0.1) is 35.1 Å². The third-order valence-electron chi connectivity index (χ3n) is 6.83. The molecule has 0 atom stereocenters. The molecule has 0 fully saturated rings. The number of imide groups is 1. The minimum Gasteiger partial charge on any atom is -0.345 e. The predicted molar refractivity (Wildman–Crippen MR) is 141 cm³/mol. The summed E-state index contributed by atoms with van der Waals surface area (Å²) in [7, 11) is 0. The van der Waals surface area contributed by atoms with E-state index < -0.39 is 11.8 Å².